The SMILES string of the molecule is COc1ccc(C(=O)N2CCc3oc(C4CCOCC4)nc3C2)c(OC)n1. The van der Waals surface area contributed by atoms with E-state index in [1.54, 1.807) is 17.0 Å². The van der Waals surface area contributed by atoms with Crippen molar-refractivity contribution in [1.29, 1.82) is 0 Å². The average molecular weight is 373 g/mol. The van der Waals surface area contributed by atoms with Crippen LogP contribution >= 0.6 is 0 Å². The van der Waals surface area contributed by atoms with Crippen molar-refractivity contribution in [3.8, 4) is 11.8 Å². The molecule has 2 aromatic rings. The fourth-order valence-corrected chi connectivity index (χ4v) is 3.54. The molecule has 144 valence electrons. The molecular formula is C19H23N3O5. The summed E-state index contributed by atoms with van der Waals surface area (Å²) in [5, 5.41) is 0. The lowest BCUT2D eigenvalue weighted by Crippen LogP contribution is -2.36. The van der Waals surface area contributed by atoms with Crippen molar-refractivity contribution in [2.75, 3.05) is 34.0 Å². The van der Waals surface area contributed by atoms with Gasteiger partial charge in [-0.25, -0.2) is 4.98 Å². The molecule has 1 fully saturated rings. The van der Waals surface area contributed by atoms with Crippen molar-refractivity contribution >= 4 is 5.91 Å². The van der Waals surface area contributed by atoms with Gasteiger partial charge in [0.15, 0.2) is 5.89 Å². The standard InChI is InChI=1S/C19H23N3O5/c1-24-16-4-3-13(18(21-16)25-2)19(23)22-8-5-15-14(11-22)20-17(27-15)12-6-9-26-10-7-12/h3-4,12H,5-11H2,1-2H3. The van der Waals surface area contributed by atoms with Gasteiger partial charge in [0.25, 0.3) is 5.91 Å². The number of fused-ring (bicyclic) bond motifs is 1. The molecule has 8 nitrogen and oxygen atoms in total. The van der Waals surface area contributed by atoms with Crippen molar-refractivity contribution < 1.29 is 23.4 Å². The van der Waals surface area contributed by atoms with Gasteiger partial charge in [0.05, 0.1) is 20.8 Å². The molecule has 0 spiro atoms. The van der Waals surface area contributed by atoms with E-state index in [0.29, 0.717) is 36.9 Å². The second-order valence-corrected chi connectivity index (χ2v) is 6.70. The van der Waals surface area contributed by atoms with Crippen LogP contribution < -0.4 is 9.47 Å². The number of pyridine rings is 1. The van der Waals surface area contributed by atoms with E-state index in [1.165, 1.54) is 14.2 Å². The molecule has 27 heavy (non-hydrogen) atoms. The molecule has 0 N–H and O–H groups in total. The van der Waals surface area contributed by atoms with Crippen molar-refractivity contribution in [3.63, 3.8) is 0 Å². The Morgan fingerprint density at radius 2 is 2.00 bits per heavy atom. The first kappa shape index (κ1) is 17.8. The quantitative estimate of drug-likeness (QED) is 0.812. The summed E-state index contributed by atoms with van der Waals surface area (Å²) in [6.45, 7) is 2.48. The van der Waals surface area contributed by atoms with Gasteiger partial charge in [0.1, 0.15) is 17.0 Å². The maximum Gasteiger partial charge on any atom is 0.259 e. The zero-order valence-corrected chi connectivity index (χ0v) is 15.6. The Bertz CT molecular complexity index is 829. The molecule has 1 amide bonds. The molecule has 0 radical (unpaired) electrons. The fourth-order valence-electron chi connectivity index (χ4n) is 3.54. The number of hydrogen-bond donors (Lipinski definition) is 0. The maximum atomic E-state index is 13.0. The first-order chi connectivity index (χ1) is 13.2. The van der Waals surface area contributed by atoms with Crippen LogP contribution in [0.4, 0.5) is 0 Å². The number of oxazole rings is 1. The van der Waals surface area contributed by atoms with Gasteiger partial charge in [-0.1, -0.05) is 0 Å². The van der Waals surface area contributed by atoms with Gasteiger partial charge in [0, 0.05) is 38.2 Å². The molecule has 0 aromatic carbocycles. The van der Waals surface area contributed by atoms with Crippen molar-refractivity contribution in [2.45, 2.75) is 31.7 Å². The number of nitrogens with zero attached hydrogens (tertiary/aromatic N) is 3. The molecule has 2 aliphatic rings. The van der Waals surface area contributed by atoms with E-state index in [4.69, 9.17) is 18.6 Å². The number of aromatic nitrogens is 2. The van der Waals surface area contributed by atoms with E-state index < -0.39 is 0 Å². The van der Waals surface area contributed by atoms with E-state index in [9.17, 15) is 4.79 Å². The Morgan fingerprint density at radius 1 is 1.19 bits per heavy atom. The number of amides is 1. The minimum absolute atomic E-state index is 0.136. The largest absolute Gasteiger partial charge is 0.481 e. The molecule has 2 aromatic heterocycles. The summed E-state index contributed by atoms with van der Waals surface area (Å²) in [5.74, 6) is 2.50. The summed E-state index contributed by atoms with van der Waals surface area (Å²) in [6, 6.07) is 3.34. The van der Waals surface area contributed by atoms with Gasteiger partial charge in [-0.2, -0.15) is 4.98 Å². The molecule has 0 bridgehead atoms. The van der Waals surface area contributed by atoms with Crippen LogP contribution in [-0.4, -0.2) is 54.8 Å². The zero-order valence-electron chi connectivity index (χ0n) is 15.6. The summed E-state index contributed by atoms with van der Waals surface area (Å²) >= 11 is 0. The summed E-state index contributed by atoms with van der Waals surface area (Å²) in [5.41, 5.74) is 1.26. The lowest BCUT2D eigenvalue weighted by molar-refractivity contribution is 0.0721. The van der Waals surface area contributed by atoms with Gasteiger partial charge < -0.3 is 23.5 Å². The molecule has 0 atom stereocenters. The Labute approximate surface area is 157 Å². The number of rotatable bonds is 4. The molecule has 2 aliphatic heterocycles. The highest BCUT2D eigenvalue weighted by molar-refractivity contribution is 5.96. The highest BCUT2D eigenvalue weighted by atomic mass is 16.5. The summed E-state index contributed by atoms with van der Waals surface area (Å²) < 4.78 is 21.8. The Balaban J connectivity index is 1.52. The van der Waals surface area contributed by atoms with E-state index in [-0.39, 0.29) is 11.8 Å². The molecule has 1 saturated heterocycles. The predicted octanol–water partition coefficient (Wildman–Crippen LogP) is 2.18. The second kappa shape index (κ2) is 7.56. The summed E-state index contributed by atoms with van der Waals surface area (Å²) in [6.07, 6.45) is 2.51. The van der Waals surface area contributed by atoms with Crippen LogP contribution in [0.2, 0.25) is 0 Å². The van der Waals surface area contributed by atoms with Crippen LogP contribution in [0.15, 0.2) is 16.5 Å². The molecule has 4 heterocycles. The van der Waals surface area contributed by atoms with Crippen LogP contribution in [0.1, 0.15) is 46.5 Å². The molecule has 8 heteroatoms. The van der Waals surface area contributed by atoms with Gasteiger partial charge in [-0.3, -0.25) is 4.79 Å². The van der Waals surface area contributed by atoms with Crippen molar-refractivity contribution in [2.24, 2.45) is 0 Å². The van der Waals surface area contributed by atoms with Crippen LogP contribution in [-0.2, 0) is 17.7 Å². The average Bonchev–Trinajstić information content (AvgIpc) is 3.16. The van der Waals surface area contributed by atoms with Crippen LogP contribution in [0, 0.1) is 0 Å². The highest BCUT2D eigenvalue weighted by Crippen LogP contribution is 2.31. The Morgan fingerprint density at radius 3 is 2.74 bits per heavy atom. The molecule has 0 aliphatic carbocycles. The number of ether oxygens (including phenoxy) is 3. The lowest BCUT2D eigenvalue weighted by atomic mass is 10.0. The zero-order chi connectivity index (χ0) is 18.8. The molecule has 4 rings (SSSR count). The third-order valence-corrected chi connectivity index (χ3v) is 5.07. The van der Waals surface area contributed by atoms with E-state index >= 15 is 0 Å². The maximum absolute atomic E-state index is 13.0. The van der Waals surface area contributed by atoms with E-state index in [2.05, 4.69) is 9.97 Å². The predicted molar refractivity (Wildman–Crippen MR) is 95.1 cm³/mol. The third kappa shape index (κ3) is 3.49. The van der Waals surface area contributed by atoms with Crippen LogP contribution in [0.3, 0.4) is 0 Å². The fraction of sp³-hybridized carbons (Fsp3) is 0.526. The van der Waals surface area contributed by atoms with Gasteiger partial charge in [-0.05, 0) is 18.9 Å². The van der Waals surface area contributed by atoms with Gasteiger partial charge in [0.2, 0.25) is 11.8 Å². The Hall–Kier alpha value is -2.61. The minimum Gasteiger partial charge on any atom is -0.481 e. The van der Waals surface area contributed by atoms with E-state index in [0.717, 1.165) is 43.4 Å². The van der Waals surface area contributed by atoms with Crippen LogP contribution in [0.5, 0.6) is 11.8 Å². The topological polar surface area (TPSA) is 86.9 Å². The first-order valence-corrected chi connectivity index (χ1v) is 9.14. The van der Waals surface area contributed by atoms with Gasteiger partial charge in [-0.15, -0.1) is 0 Å². The molecule has 0 unspecified atom stereocenters. The van der Waals surface area contributed by atoms with Crippen molar-refractivity contribution in [3.05, 3.63) is 35.0 Å². The molecule has 0 saturated carbocycles. The number of carbonyl (C=O) groups is 1. The Kier molecular flexibility index (Phi) is 4.98. The van der Waals surface area contributed by atoms with E-state index in [1.807, 2.05) is 0 Å². The lowest BCUT2D eigenvalue weighted by Gasteiger charge is -2.25. The summed E-state index contributed by atoms with van der Waals surface area (Å²) in [4.78, 5) is 23.6. The molecular weight excluding hydrogens is 350 g/mol. The smallest absolute Gasteiger partial charge is 0.259 e. The third-order valence-electron chi connectivity index (χ3n) is 5.07. The number of hydrogen-bond acceptors (Lipinski definition) is 7. The van der Waals surface area contributed by atoms with Crippen LogP contribution in [0.25, 0.3) is 0 Å². The minimum atomic E-state index is -0.136. The number of methoxy groups -OCH3 is 2. The summed E-state index contributed by atoms with van der Waals surface area (Å²) in [7, 11) is 3.01. The highest BCUT2D eigenvalue weighted by Gasteiger charge is 2.30. The second-order valence-electron chi connectivity index (χ2n) is 6.70. The monoisotopic (exact) mass is 373 g/mol. The normalized spacial score (nSPS) is 17.5. The van der Waals surface area contributed by atoms with Gasteiger partial charge >= 0.3 is 0 Å². The first-order valence-electron chi connectivity index (χ1n) is 9.14. The number of carbonyl (C=O) groups excluding carboxylic acids is 1. The van der Waals surface area contributed by atoms with Crippen molar-refractivity contribution in [1.82, 2.24) is 14.9 Å².